The van der Waals surface area contributed by atoms with Crippen LogP contribution in [0.15, 0.2) is 106 Å². The Kier molecular flexibility index (Phi) is 4.99. The van der Waals surface area contributed by atoms with E-state index in [1.54, 1.807) is 0 Å². The maximum atomic E-state index is 3.89. The van der Waals surface area contributed by atoms with Crippen LogP contribution in [-0.2, 0) is 0 Å². The third kappa shape index (κ3) is 3.55. The van der Waals surface area contributed by atoms with Crippen LogP contribution < -0.4 is 0 Å². The van der Waals surface area contributed by atoms with Crippen molar-refractivity contribution in [2.75, 3.05) is 0 Å². The van der Waals surface area contributed by atoms with E-state index >= 15 is 0 Å². The monoisotopic (exact) mass is 588 g/mol. The summed E-state index contributed by atoms with van der Waals surface area (Å²) in [6.45, 7) is 4.37. The molecule has 7 aromatic rings. The zero-order chi connectivity index (χ0) is 24.6. The molecule has 0 saturated carbocycles. The fourth-order valence-corrected chi connectivity index (χ4v) is 6.58. The highest BCUT2D eigenvalue weighted by molar-refractivity contribution is 9.11. The second-order valence-electron chi connectivity index (χ2n) is 9.89. The van der Waals surface area contributed by atoms with Gasteiger partial charge in [-0.1, -0.05) is 68.3 Å². The van der Waals surface area contributed by atoms with Crippen LogP contribution >= 0.6 is 31.9 Å². The third-order valence-corrected chi connectivity index (χ3v) is 8.84. The summed E-state index contributed by atoms with van der Waals surface area (Å²) >= 11 is 7.78. The van der Waals surface area contributed by atoms with E-state index in [2.05, 4.69) is 143 Å². The summed E-state index contributed by atoms with van der Waals surface area (Å²) in [4.78, 5) is 0. The van der Waals surface area contributed by atoms with Crippen molar-refractivity contribution in [1.29, 1.82) is 0 Å². The van der Waals surface area contributed by atoms with Gasteiger partial charge in [0, 0.05) is 8.95 Å². The molecular formula is C34H22Br2. The summed E-state index contributed by atoms with van der Waals surface area (Å²) in [5.41, 5.74) is 5.05. The number of aryl methyl sites for hydroxylation is 2. The largest absolute Gasteiger partial charge is 0.0616 e. The minimum Gasteiger partial charge on any atom is -0.0616 e. The maximum Gasteiger partial charge on any atom is 0.0260 e. The molecule has 0 nitrogen and oxygen atoms in total. The highest BCUT2D eigenvalue weighted by atomic mass is 79.9. The number of benzene rings is 7. The van der Waals surface area contributed by atoms with Crippen LogP contribution in [0, 0.1) is 13.8 Å². The Morgan fingerprint density at radius 1 is 0.361 bits per heavy atom. The molecule has 0 spiro atoms. The summed E-state index contributed by atoms with van der Waals surface area (Å²) in [5.74, 6) is 0. The van der Waals surface area contributed by atoms with E-state index in [4.69, 9.17) is 0 Å². The Hall–Kier alpha value is -3.20. The highest BCUT2D eigenvalue weighted by Gasteiger charge is 2.12. The summed E-state index contributed by atoms with van der Waals surface area (Å²) in [6.07, 6.45) is 0. The minimum atomic E-state index is 1.10. The van der Waals surface area contributed by atoms with Gasteiger partial charge in [-0.15, -0.1) is 0 Å². The van der Waals surface area contributed by atoms with Crippen molar-refractivity contribution >= 4 is 85.7 Å². The molecule has 0 heterocycles. The zero-order valence-corrected chi connectivity index (χ0v) is 23.2. The summed E-state index contributed by atoms with van der Waals surface area (Å²) < 4.78 is 2.20. The van der Waals surface area contributed by atoms with Crippen molar-refractivity contribution in [3.8, 4) is 11.1 Å². The molecule has 172 valence electrons. The van der Waals surface area contributed by atoms with Gasteiger partial charge in [-0.2, -0.15) is 0 Å². The average molecular weight is 590 g/mol. The van der Waals surface area contributed by atoms with Crippen LogP contribution in [0.5, 0.6) is 0 Å². The van der Waals surface area contributed by atoms with Crippen molar-refractivity contribution in [2.45, 2.75) is 13.8 Å². The molecule has 0 unspecified atom stereocenters. The molecule has 0 atom stereocenters. The van der Waals surface area contributed by atoms with Crippen LogP contribution in [0.3, 0.4) is 0 Å². The molecule has 7 aromatic carbocycles. The molecule has 0 fully saturated rings. The number of fused-ring (bicyclic) bond motifs is 5. The quantitative estimate of drug-likeness (QED) is 0.167. The van der Waals surface area contributed by atoms with Gasteiger partial charge < -0.3 is 0 Å². The van der Waals surface area contributed by atoms with Gasteiger partial charge in [-0.3, -0.25) is 0 Å². The van der Waals surface area contributed by atoms with Crippen molar-refractivity contribution < 1.29 is 0 Å². The van der Waals surface area contributed by atoms with E-state index in [0.29, 0.717) is 0 Å². The second-order valence-corrected chi connectivity index (χ2v) is 11.6. The molecule has 0 saturated heterocycles. The first-order valence-electron chi connectivity index (χ1n) is 12.1. The van der Waals surface area contributed by atoms with Gasteiger partial charge in [-0.05, 0) is 151 Å². The van der Waals surface area contributed by atoms with Gasteiger partial charge >= 0.3 is 0 Å². The summed E-state index contributed by atoms with van der Waals surface area (Å²) in [7, 11) is 0. The van der Waals surface area contributed by atoms with Crippen molar-refractivity contribution in [3.05, 3.63) is 117 Å². The van der Waals surface area contributed by atoms with Gasteiger partial charge in [0.1, 0.15) is 0 Å². The van der Waals surface area contributed by atoms with E-state index in [0.717, 1.165) is 8.95 Å². The standard InChI is InChI=1S/C34H22Br2/c1-19-7-23-11-27-15-31(33(35)17-29(27)12-24(23)8-20(19)2)32-16-28-13-25-9-21-5-3-4-6-22(21)10-26(25)14-30(28)18-34(32)36/h3-18H,1-2H3. The lowest BCUT2D eigenvalue weighted by Gasteiger charge is -2.13. The maximum absolute atomic E-state index is 3.89. The van der Waals surface area contributed by atoms with E-state index in [1.807, 2.05) is 0 Å². The first-order chi connectivity index (χ1) is 17.4. The first kappa shape index (κ1) is 22.0. The second kappa shape index (κ2) is 8.16. The number of hydrogen-bond acceptors (Lipinski definition) is 0. The average Bonchev–Trinajstić information content (AvgIpc) is 2.85. The molecule has 0 aliphatic rings. The fourth-order valence-electron chi connectivity index (χ4n) is 5.43. The molecule has 0 aliphatic carbocycles. The molecule has 7 rings (SSSR count). The number of hydrogen-bond donors (Lipinski definition) is 0. The molecule has 0 N–H and O–H groups in total. The van der Waals surface area contributed by atoms with Gasteiger partial charge in [0.2, 0.25) is 0 Å². The van der Waals surface area contributed by atoms with Gasteiger partial charge in [-0.25, -0.2) is 0 Å². The van der Waals surface area contributed by atoms with Crippen LogP contribution in [-0.4, -0.2) is 0 Å². The predicted molar refractivity (Wildman–Crippen MR) is 164 cm³/mol. The van der Waals surface area contributed by atoms with Crippen LogP contribution in [0.4, 0.5) is 0 Å². The number of rotatable bonds is 1. The molecule has 0 aliphatic heterocycles. The Labute approximate surface area is 226 Å². The Bertz CT molecular complexity index is 2030. The van der Waals surface area contributed by atoms with Gasteiger partial charge in [0.25, 0.3) is 0 Å². The Balaban J connectivity index is 1.44. The number of halogens is 2. The van der Waals surface area contributed by atoms with E-state index < -0.39 is 0 Å². The lowest BCUT2D eigenvalue weighted by Crippen LogP contribution is -1.87. The smallest absolute Gasteiger partial charge is 0.0260 e. The third-order valence-electron chi connectivity index (χ3n) is 7.53. The van der Waals surface area contributed by atoms with Crippen molar-refractivity contribution in [3.63, 3.8) is 0 Å². The SMILES string of the molecule is Cc1cc2cc3cc(Br)c(-c4cc5cc6cc7ccccc7cc6cc5cc4Br)cc3cc2cc1C. The van der Waals surface area contributed by atoms with Gasteiger partial charge in [0.15, 0.2) is 0 Å². The molecule has 0 bridgehead atoms. The normalized spacial score (nSPS) is 11.9. The van der Waals surface area contributed by atoms with Gasteiger partial charge in [0.05, 0.1) is 0 Å². The van der Waals surface area contributed by atoms with E-state index in [9.17, 15) is 0 Å². The predicted octanol–water partition coefficient (Wildman–Crippen LogP) is 11.3. The molecule has 36 heavy (non-hydrogen) atoms. The summed E-state index contributed by atoms with van der Waals surface area (Å²) in [5, 5.41) is 12.6. The minimum absolute atomic E-state index is 1.10. The van der Waals surface area contributed by atoms with E-state index in [1.165, 1.54) is 76.1 Å². The molecule has 0 amide bonds. The van der Waals surface area contributed by atoms with E-state index in [-0.39, 0.29) is 0 Å². The Morgan fingerprint density at radius 3 is 1.08 bits per heavy atom. The molecular weight excluding hydrogens is 568 g/mol. The first-order valence-corrected chi connectivity index (χ1v) is 13.7. The Morgan fingerprint density at radius 2 is 0.667 bits per heavy atom. The molecule has 0 aromatic heterocycles. The fraction of sp³-hybridized carbons (Fsp3) is 0.0588. The van der Waals surface area contributed by atoms with Crippen molar-refractivity contribution in [2.24, 2.45) is 0 Å². The zero-order valence-electron chi connectivity index (χ0n) is 20.0. The lowest BCUT2D eigenvalue weighted by molar-refractivity contribution is 1.37. The highest BCUT2D eigenvalue weighted by Crippen LogP contribution is 2.40. The summed E-state index contributed by atoms with van der Waals surface area (Å²) in [6, 6.07) is 36.1. The topological polar surface area (TPSA) is 0 Å². The van der Waals surface area contributed by atoms with Crippen LogP contribution in [0.1, 0.15) is 11.1 Å². The van der Waals surface area contributed by atoms with Crippen LogP contribution in [0.25, 0.3) is 65.0 Å². The lowest BCUT2D eigenvalue weighted by atomic mass is 9.94. The molecule has 2 heteroatoms. The van der Waals surface area contributed by atoms with Crippen molar-refractivity contribution in [1.82, 2.24) is 0 Å². The van der Waals surface area contributed by atoms with Crippen LogP contribution in [0.2, 0.25) is 0 Å². The molecule has 0 radical (unpaired) electrons.